The molecule has 0 aromatic heterocycles. The predicted molar refractivity (Wildman–Crippen MR) is 84.6 cm³/mol. The summed E-state index contributed by atoms with van der Waals surface area (Å²) < 4.78 is 0. The van der Waals surface area contributed by atoms with E-state index in [1.165, 1.54) is 41.9 Å². The second-order valence-electron chi connectivity index (χ2n) is 5.91. The maximum absolute atomic E-state index is 2.46. The smallest absolute Gasteiger partial charge is 0.0276 e. The van der Waals surface area contributed by atoms with E-state index in [-0.39, 0.29) is 25.8 Å². The molecule has 0 bridgehead atoms. The zero-order valence-electron chi connectivity index (χ0n) is 12.2. The zero-order chi connectivity index (χ0) is 13.4. The van der Waals surface area contributed by atoms with Gasteiger partial charge in [0.25, 0.3) is 0 Å². The minimum Gasteiger partial charge on any atom is -0.0721 e. The van der Waals surface area contributed by atoms with Crippen LogP contribution in [0.1, 0.15) is 40.7 Å². The van der Waals surface area contributed by atoms with Crippen LogP contribution in [0.2, 0.25) is 0 Å². The summed E-state index contributed by atoms with van der Waals surface area (Å²) in [5.74, 6) is 1.51. The number of benzene rings is 2. The quantitative estimate of drug-likeness (QED) is 0.608. The Morgan fingerprint density at radius 2 is 1.57 bits per heavy atom. The van der Waals surface area contributed by atoms with Gasteiger partial charge in [-0.05, 0) is 59.9 Å². The van der Waals surface area contributed by atoms with Crippen LogP contribution >= 0.6 is 0 Å². The van der Waals surface area contributed by atoms with Gasteiger partial charge in [0, 0.05) is 31.8 Å². The fourth-order valence-corrected chi connectivity index (χ4v) is 3.48. The third kappa shape index (κ3) is 2.99. The maximum atomic E-state index is 2.46. The zero-order valence-corrected chi connectivity index (χ0v) is 15.8. The van der Waals surface area contributed by atoms with Gasteiger partial charge in [0.05, 0.1) is 0 Å². The topological polar surface area (TPSA) is 0 Å². The van der Waals surface area contributed by atoms with Crippen molar-refractivity contribution in [3.63, 3.8) is 0 Å². The Balaban J connectivity index is 0.00000132. The van der Waals surface area contributed by atoms with Crippen LogP contribution in [0.5, 0.6) is 0 Å². The number of aryl methyl sites for hydroxylation is 3. The number of fused-ring (bicyclic) bond motifs is 2. The molecule has 2 aliphatic carbocycles. The summed E-state index contributed by atoms with van der Waals surface area (Å²) in [5.41, 5.74) is 7.53. The fraction of sp³-hybridized carbons (Fsp3) is 0.250. The maximum Gasteiger partial charge on any atom is 0.0276 e. The average Bonchev–Trinajstić information content (AvgIpc) is 3.10. The molecule has 1 heteroatoms. The molecule has 0 amide bonds. The molecule has 2 aromatic carbocycles. The van der Waals surface area contributed by atoms with Gasteiger partial charge in [-0.15, -0.1) is 0 Å². The van der Waals surface area contributed by atoms with Gasteiger partial charge in [-0.1, -0.05) is 54.6 Å². The van der Waals surface area contributed by atoms with Crippen molar-refractivity contribution in [2.75, 3.05) is 0 Å². The van der Waals surface area contributed by atoms with E-state index >= 15 is 0 Å². The molecule has 0 unspecified atom stereocenters. The molecule has 21 heavy (non-hydrogen) atoms. The van der Waals surface area contributed by atoms with E-state index in [0.29, 0.717) is 0 Å². The number of hydrogen-bond acceptors (Lipinski definition) is 0. The van der Waals surface area contributed by atoms with Gasteiger partial charge in [-0.3, -0.25) is 0 Å². The molecule has 0 saturated heterocycles. The molecule has 4 rings (SSSR count). The summed E-state index contributed by atoms with van der Waals surface area (Å²) in [6, 6.07) is 15.7. The number of hydrogen-bond donors (Lipinski definition) is 0. The van der Waals surface area contributed by atoms with Crippen molar-refractivity contribution < 1.29 is 25.8 Å². The summed E-state index contributed by atoms with van der Waals surface area (Å²) in [5, 5.41) is 0. The molecule has 2 aromatic rings. The first-order valence-electron chi connectivity index (χ1n) is 7.64. The largest absolute Gasteiger partial charge is 0.0721 e. The van der Waals surface area contributed by atoms with E-state index in [1.54, 1.807) is 11.1 Å². The first-order valence-corrected chi connectivity index (χ1v) is 7.64. The second kappa shape index (κ2) is 6.44. The third-order valence-electron chi connectivity index (χ3n) is 4.60. The van der Waals surface area contributed by atoms with Crippen molar-refractivity contribution in [1.82, 2.24) is 0 Å². The van der Waals surface area contributed by atoms with Crippen molar-refractivity contribution in [3.05, 3.63) is 82.3 Å². The van der Waals surface area contributed by atoms with Crippen molar-refractivity contribution in [2.45, 2.75) is 32.1 Å². The van der Waals surface area contributed by atoms with Crippen molar-refractivity contribution >= 4 is 6.08 Å². The van der Waals surface area contributed by atoms with Gasteiger partial charge >= 0.3 is 0 Å². The fourth-order valence-electron chi connectivity index (χ4n) is 3.48. The predicted octanol–water partition coefficient (Wildman–Crippen LogP) is 4.75. The van der Waals surface area contributed by atoms with Crippen LogP contribution in [0.3, 0.4) is 0 Å². The summed E-state index contributed by atoms with van der Waals surface area (Å²) in [6.45, 7) is 0. The van der Waals surface area contributed by atoms with E-state index in [4.69, 9.17) is 0 Å². The molecule has 0 aliphatic heterocycles. The standard InChI is InChI=1S/C20H19.Hf/c1-2-5-15(6-3-1)9-10-16-11-12-19-13-17-7-4-8-18(17)14-20(16)19;/h1-3,5-6,11-14H,4,7-10H2;. The number of allylic oxidation sites excluding steroid dienone is 1. The molecule has 0 spiro atoms. The minimum absolute atomic E-state index is 0. The van der Waals surface area contributed by atoms with Gasteiger partial charge in [0.2, 0.25) is 0 Å². The van der Waals surface area contributed by atoms with Crippen LogP contribution in [0.15, 0.2) is 48.5 Å². The Labute approximate surface area is 146 Å². The van der Waals surface area contributed by atoms with Crippen LogP contribution in [0.4, 0.5) is 0 Å². The first-order chi connectivity index (χ1) is 9.90. The summed E-state index contributed by atoms with van der Waals surface area (Å²) in [6.07, 6.45) is 10.8. The minimum atomic E-state index is 0. The van der Waals surface area contributed by atoms with Gasteiger partial charge in [-0.25, -0.2) is 0 Å². The SMILES string of the molecule is C1=Cc2cc3c(cc2[C]1CCc1ccccc1)CCC3.[Hf]. The van der Waals surface area contributed by atoms with E-state index in [2.05, 4.69) is 54.6 Å². The molecule has 0 N–H and O–H groups in total. The molecule has 2 aliphatic rings. The van der Waals surface area contributed by atoms with Crippen LogP contribution < -0.4 is 0 Å². The Bertz CT molecular complexity index is 655. The van der Waals surface area contributed by atoms with Crippen LogP contribution in [0, 0.1) is 5.92 Å². The van der Waals surface area contributed by atoms with E-state index < -0.39 is 0 Å². The molecular formula is C20H19Hf. The van der Waals surface area contributed by atoms with Crippen LogP contribution in [-0.4, -0.2) is 0 Å². The summed E-state index contributed by atoms with van der Waals surface area (Å²) in [7, 11) is 0. The van der Waals surface area contributed by atoms with Gasteiger partial charge in [-0.2, -0.15) is 0 Å². The van der Waals surface area contributed by atoms with Crippen LogP contribution in [-0.2, 0) is 45.1 Å². The van der Waals surface area contributed by atoms with Crippen molar-refractivity contribution in [2.24, 2.45) is 0 Å². The van der Waals surface area contributed by atoms with E-state index in [0.717, 1.165) is 12.8 Å². The molecule has 0 heterocycles. The average molecular weight is 438 g/mol. The first kappa shape index (κ1) is 15.0. The molecular weight excluding hydrogens is 419 g/mol. The molecule has 0 fully saturated rings. The Hall–Kier alpha value is -0.950. The van der Waals surface area contributed by atoms with E-state index in [1.807, 2.05) is 0 Å². The van der Waals surface area contributed by atoms with E-state index in [9.17, 15) is 0 Å². The Kier molecular flexibility index (Phi) is 4.59. The molecule has 0 nitrogen and oxygen atoms in total. The van der Waals surface area contributed by atoms with Crippen molar-refractivity contribution in [1.29, 1.82) is 0 Å². The normalized spacial score (nSPS) is 15.6. The summed E-state index contributed by atoms with van der Waals surface area (Å²) >= 11 is 0. The molecule has 103 valence electrons. The number of rotatable bonds is 3. The third-order valence-corrected chi connectivity index (χ3v) is 4.60. The molecule has 1 radical (unpaired) electrons. The van der Waals surface area contributed by atoms with Gasteiger partial charge < -0.3 is 0 Å². The van der Waals surface area contributed by atoms with Crippen molar-refractivity contribution in [3.8, 4) is 0 Å². The van der Waals surface area contributed by atoms with Crippen LogP contribution in [0.25, 0.3) is 6.08 Å². The molecule has 0 atom stereocenters. The Morgan fingerprint density at radius 3 is 2.38 bits per heavy atom. The second-order valence-corrected chi connectivity index (χ2v) is 5.91. The van der Waals surface area contributed by atoms with Gasteiger partial charge in [0.15, 0.2) is 0 Å². The molecule has 0 saturated carbocycles. The van der Waals surface area contributed by atoms with Gasteiger partial charge in [0.1, 0.15) is 0 Å². The Morgan fingerprint density at radius 1 is 0.810 bits per heavy atom. The monoisotopic (exact) mass is 439 g/mol. The summed E-state index contributed by atoms with van der Waals surface area (Å²) in [4.78, 5) is 0.